The Kier molecular flexibility index (Phi) is 6.05. The number of ether oxygens (including phenoxy) is 1. The smallest absolute Gasteiger partial charge is 0.328 e. The molecule has 0 N–H and O–H groups in total. The van der Waals surface area contributed by atoms with E-state index in [9.17, 15) is 9.59 Å². The Balaban J connectivity index is 1.33. The van der Waals surface area contributed by atoms with Gasteiger partial charge in [0.1, 0.15) is 11.4 Å². The number of rotatable bonds is 7. The molecule has 178 valence electrons. The van der Waals surface area contributed by atoms with Crippen molar-refractivity contribution in [2.45, 2.75) is 31.5 Å². The third-order valence-corrected chi connectivity index (χ3v) is 7.13. The van der Waals surface area contributed by atoms with Crippen LogP contribution in [0.5, 0.6) is 0 Å². The monoisotopic (exact) mass is 462 g/mol. The number of amides is 3. The van der Waals surface area contributed by atoms with Crippen molar-refractivity contribution < 1.29 is 14.3 Å². The van der Waals surface area contributed by atoms with Crippen LogP contribution in [-0.2, 0) is 29.7 Å². The van der Waals surface area contributed by atoms with Gasteiger partial charge in [-0.25, -0.2) is 9.78 Å². The van der Waals surface area contributed by atoms with Crippen LogP contribution in [0.15, 0.2) is 48.8 Å². The predicted molar refractivity (Wildman–Crippen MR) is 127 cm³/mol. The molecule has 2 aliphatic heterocycles. The Morgan fingerprint density at radius 1 is 1.06 bits per heavy atom. The lowest BCUT2D eigenvalue weighted by Crippen LogP contribution is -2.57. The molecule has 0 saturated carbocycles. The summed E-state index contributed by atoms with van der Waals surface area (Å²) in [6, 6.07) is 11.6. The second kappa shape index (κ2) is 9.15. The van der Waals surface area contributed by atoms with Crippen molar-refractivity contribution in [1.29, 1.82) is 0 Å². The molecule has 0 radical (unpaired) electrons. The number of likely N-dealkylation sites (tertiary alicyclic amines) is 1. The van der Waals surface area contributed by atoms with Gasteiger partial charge in [-0.3, -0.25) is 19.6 Å². The van der Waals surface area contributed by atoms with Gasteiger partial charge in [-0.1, -0.05) is 18.2 Å². The van der Waals surface area contributed by atoms with Crippen LogP contribution in [0.25, 0.3) is 11.0 Å². The van der Waals surface area contributed by atoms with Crippen LogP contribution in [-0.4, -0.2) is 80.1 Å². The molecule has 9 heteroatoms. The van der Waals surface area contributed by atoms with Gasteiger partial charge >= 0.3 is 6.03 Å². The van der Waals surface area contributed by atoms with Crippen LogP contribution < -0.4 is 0 Å². The number of imide groups is 1. The summed E-state index contributed by atoms with van der Waals surface area (Å²) in [5.74, 6) is 0.889. The number of fused-ring (bicyclic) bond motifs is 1. The number of carbonyl (C=O) groups is 2. The number of carbonyl (C=O) groups excluding carboxylic acids is 2. The van der Waals surface area contributed by atoms with E-state index < -0.39 is 5.54 Å². The molecule has 1 aromatic carbocycles. The Labute approximate surface area is 198 Å². The third kappa shape index (κ3) is 3.84. The number of imidazole rings is 1. The summed E-state index contributed by atoms with van der Waals surface area (Å²) in [5, 5.41) is 0. The van der Waals surface area contributed by atoms with Crippen LogP contribution in [0, 0.1) is 0 Å². The minimum atomic E-state index is -0.819. The van der Waals surface area contributed by atoms with Gasteiger partial charge < -0.3 is 14.2 Å². The quantitative estimate of drug-likeness (QED) is 0.502. The zero-order chi connectivity index (χ0) is 23.7. The molecule has 4 heterocycles. The molecule has 1 spiro atoms. The van der Waals surface area contributed by atoms with E-state index in [2.05, 4.69) is 20.5 Å². The Morgan fingerprint density at radius 3 is 2.56 bits per heavy atom. The summed E-state index contributed by atoms with van der Waals surface area (Å²) in [4.78, 5) is 41.4. The number of aryl methyl sites for hydroxylation is 1. The van der Waals surface area contributed by atoms with Crippen molar-refractivity contribution >= 4 is 23.0 Å². The van der Waals surface area contributed by atoms with Crippen LogP contribution in [0.3, 0.4) is 0 Å². The Morgan fingerprint density at radius 2 is 1.85 bits per heavy atom. The molecule has 5 rings (SSSR count). The summed E-state index contributed by atoms with van der Waals surface area (Å²) >= 11 is 0. The zero-order valence-electron chi connectivity index (χ0n) is 19.7. The fraction of sp³-hybridized carbons (Fsp3) is 0.440. The second-order valence-corrected chi connectivity index (χ2v) is 9.06. The Hall–Kier alpha value is -3.30. The van der Waals surface area contributed by atoms with Crippen LogP contribution >= 0.6 is 0 Å². The molecule has 9 nitrogen and oxygen atoms in total. The van der Waals surface area contributed by atoms with Gasteiger partial charge in [0.05, 0.1) is 30.7 Å². The van der Waals surface area contributed by atoms with Gasteiger partial charge in [-0.05, 0) is 36.6 Å². The molecular formula is C25H30N6O3. The molecule has 2 aromatic heterocycles. The Bertz CT molecular complexity index is 1190. The van der Waals surface area contributed by atoms with E-state index in [0.29, 0.717) is 45.6 Å². The summed E-state index contributed by atoms with van der Waals surface area (Å²) in [6.45, 7) is 3.17. The zero-order valence-corrected chi connectivity index (χ0v) is 19.7. The van der Waals surface area contributed by atoms with E-state index in [0.717, 1.165) is 22.4 Å². The van der Waals surface area contributed by atoms with Crippen LogP contribution in [0.2, 0.25) is 0 Å². The van der Waals surface area contributed by atoms with Crippen molar-refractivity contribution in [1.82, 2.24) is 29.2 Å². The van der Waals surface area contributed by atoms with Gasteiger partial charge in [-0.15, -0.1) is 0 Å². The number of piperidine rings is 1. The van der Waals surface area contributed by atoms with Crippen molar-refractivity contribution in [2.75, 3.05) is 33.4 Å². The first-order chi connectivity index (χ1) is 16.5. The average molecular weight is 463 g/mol. The average Bonchev–Trinajstić information content (AvgIpc) is 3.27. The maximum Gasteiger partial charge on any atom is 0.328 e. The molecule has 2 aliphatic rings. The molecule has 0 bridgehead atoms. The molecule has 3 aromatic rings. The van der Waals surface area contributed by atoms with E-state index in [1.807, 2.05) is 37.4 Å². The van der Waals surface area contributed by atoms with Crippen LogP contribution in [0.4, 0.5) is 4.79 Å². The molecule has 0 atom stereocenters. The normalized spacial score (nSPS) is 18.5. The summed E-state index contributed by atoms with van der Waals surface area (Å²) in [5.41, 5.74) is 2.12. The topological polar surface area (TPSA) is 83.8 Å². The summed E-state index contributed by atoms with van der Waals surface area (Å²) in [7, 11) is 3.65. The van der Waals surface area contributed by atoms with E-state index in [1.165, 1.54) is 4.90 Å². The molecule has 2 fully saturated rings. The molecule has 0 aliphatic carbocycles. The molecular weight excluding hydrogens is 432 g/mol. The van der Waals surface area contributed by atoms with Gasteiger partial charge in [0.2, 0.25) is 0 Å². The predicted octanol–water partition coefficient (Wildman–Crippen LogP) is 2.41. The molecule has 0 unspecified atom stereocenters. The molecule has 3 amide bonds. The SMILES string of the molecule is COCCN1C(=O)N(Cc2cccnc2)C(=O)C12CCN(Cc1nc3ccccc3n1C)CC2. The largest absolute Gasteiger partial charge is 0.383 e. The lowest BCUT2D eigenvalue weighted by molar-refractivity contribution is -0.136. The first-order valence-corrected chi connectivity index (χ1v) is 11.7. The highest BCUT2D eigenvalue weighted by Crippen LogP contribution is 2.38. The maximum atomic E-state index is 13.7. The molecule has 34 heavy (non-hydrogen) atoms. The number of methoxy groups -OCH3 is 1. The summed E-state index contributed by atoms with van der Waals surface area (Å²) < 4.78 is 7.39. The fourth-order valence-electron chi connectivity index (χ4n) is 5.19. The molecule has 2 saturated heterocycles. The highest BCUT2D eigenvalue weighted by atomic mass is 16.5. The number of benzene rings is 1. The highest BCUT2D eigenvalue weighted by molar-refractivity contribution is 6.07. The lowest BCUT2D eigenvalue weighted by atomic mass is 9.85. The minimum absolute atomic E-state index is 0.111. The number of para-hydroxylation sites is 2. The lowest BCUT2D eigenvalue weighted by Gasteiger charge is -2.42. The van der Waals surface area contributed by atoms with Gasteiger partial charge in [0.25, 0.3) is 5.91 Å². The van der Waals surface area contributed by atoms with E-state index in [1.54, 1.807) is 24.4 Å². The number of pyridine rings is 1. The van der Waals surface area contributed by atoms with Crippen molar-refractivity contribution in [3.63, 3.8) is 0 Å². The second-order valence-electron chi connectivity index (χ2n) is 9.06. The number of aromatic nitrogens is 3. The first-order valence-electron chi connectivity index (χ1n) is 11.7. The third-order valence-electron chi connectivity index (χ3n) is 7.13. The number of hydrogen-bond donors (Lipinski definition) is 0. The van der Waals surface area contributed by atoms with E-state index in [-0.39, 0.29) is 18.5 Å². The standard InChI is InChI=1S/C25H30N6O3/c1-28-21-8-4-3-7-20(21)27-22(28)18-29-12-9-25(10-13-29)23(32)30(17-19-6-5-11-26-16-19)24(33)31(25)14-15-34-2/h3-8,11,16H,9-10,12-15,17-18H2,1-2H3. The number of hydrogen-bond acceptors (Lipinski definition) is 6. The summed E-state index contributed by atoms with van der Waals surface area (Å²) in [6.07, 6.45) is 4.57. The van der Waals surface area contributed by atoms with E-state index in [4.69, 9.17) is 9.72 Å². The van der Waals surface area contributed by atoms with Crippen LogP contribution in [0.1, 0.15) is 24.2 Å². The van der Waals surface area contributed by atoms with Crippen molar-refractivity contribution in [3.05, 3.63) is 60.2 Å². The minimum Gasteiger partial charge on any atom is -0.383 e. The van der Waals surface area contributed by atoms with Crippen molar-refractivity contribution in [3.8, 4) is 0 Å². The first kappa shape index (κ1) is 22.5. The van der Waals surface area contributed by atoms with E-state index >= 15 is 0 Å². The highest BCUT2D eigenvalue weighted by Gasteiger charge is 2.57. The maximum absolute atomic E-state index is 13.7. The number of urea groups is 1. The van der Waals surface area contributed by atoms with Gasteiger partial charge in [0.15, 0.2) is 0 Å². The van der Waals surface area contributed by atoms with Gasteiger partial charge in [-0.2, -0.15) is 0 Å². The van der Waals surface area contributed by atoms with Crippen molar-refractivity contribution in [2.24, 2.45) is 7.05 Å². The number of nitrogens with zero attached hydrogens (tertiary/aromatic N) is 6. The fourth-order valence-corrected chi connectivity index (χ4v) is 5.19. The van der Waals surface area contributed by atoms with Gasteiger partial charge in [0, 0.05) is 46.2 Å².